The fourth-order valence-electron chi connectivity index (χ4n) is 2.87. The lowest BCUT2D eigenvalue weighted by molar-refractivity contribution is 0.100. The van der Waals surface area contributed by atoms with Gasteiger partial charge in [-0.3, -0.25) is 4.79 Å². The predicted molar refractivity (Wildman–Crippen MR) is 102 cm³/mol. The van der Waals surface area contributed by atoms with Gasteiger partial charge in [0.15, 0.2) is 15.8 Å². The van der Waals surface area contributed by atoms with Gasteiger partial charge in [0.2, 0.25) is 0 Å². The van der Waals surface area contributed by atoms with Crippen molar-refractivity contribution in [3.05, 3.63) is 28.8 Å². The van der Waals surface area contributed by atoms with E-state index >= 15 is 0 Å². The topological polar surface area (TPSA) is 116 Å². The zero-order valence-corrected chi connectivity index (χ0v) is 16.3. The molecule has 6 nitrogen and oxygen atoms in total. The monoisotopic (exact) mass is 367 g/mol. The number of carbonyl (C=O) groups excluding carboxylic acids is 1. The number of aliphatic imine (C=N–C) groups is 1. The minimum absolute atomic E-state index is 0.0903. The molecule has 0 radical (unpaired) electrons. The maximum atomic E-state index is 12.3. The van der Waals surface area contributed by atoms with Gasteiger partial charge in [-0.05, 0) is 36.0 Å². The van der Waals surface area contributed by atoms with E-state index in [-0.39, 0.29) is 22.3 Å². The van der Waals surface area contributed by atoms with Gasteiger partial charge in [-0.2, -0.15) is 4.99 Å². The Labute approximate surface area is 150 Å². The van der Waals surface area contributed by atoms with Gasteiger partial charge in [-0.25, -0.2) is 8.42 Å². The van der Waals surface area contributed by atoms with Crippen molar-refractivity contribution in [2.24, 2.45) is 16.5 Å². The molecule has 0 fully saturated rings. The minimum Gasteiger partial charge on any atom is -0.370 e. The van der Waals surface area contributed by atoms with Gasteiger partial charge in [0.05, 0.1) is 4.90 Å². The molecule has 1 amide bonds. The first-order valence-corrected chi connectivity index (χ1v) is 10.5. The molecule has 0 aliphatic carbocycles. The lowest BCUT2D eigenvalue weighted by Crippen LogP contribution is -2.24. The second-order valence-corrected chi connectivity index (χ2v) is 8.44. The summed E-state index contributed by atoms with van der Waals surface area (Å²) in [5.41, 5.74) is 12.4. The Bertz CT molecular complexity index is 751. The Kier molecular flexibility index (Phi) is 7.60. The molecule has 0 spiro atoms. The van der Waals surface area contributed by atoms with Gasteiger partial charge >= 0.3 is 0 Å². The van der Waals surface area contributed by atoms with E-state index in [1.807, 2.05) is 19.9 Å². The Morgan fingerprint density at radius 1 is 1.20 bits per heavy atom. The second-order valence-electron chi connectivity index (χ2n) is 6.45. The molecule has 1 rings (SSSR count). The van der Waals surface area contributed by atoms with Gasteiger partial charge in [0.1, 0.15) is 0 Å². The number of hydrogen-bond acceptors (Lipinski definition) is 3. The first kappa shape index (κ1) is 21.2. The fourth-order valence-corrected chi connectivity index (χ4v) is 3.89. The van der Waals surface area contributed by atoms with Crippen molar-refractivity contribution in [3.8, 4) is 0 Å². The number of nitrogens with zero attached hydrogens (tertiary/aromatic N) is 1. The average Bonchev–Trinajstić information content (AvgIpc) is 2.50. The highest BCUT2D eigenvalue weighted by molar-refractivity contribution is 7.90. The van der Waals surface area contributed by atoms with Crippen molar-refractivity contribution in [3.63, 3.8) is 0 Å². The van der Waals surface area contributed by atoms with Crippen LogP contribution in [-0.4, -0.2) is 26.5 Å². The number of sulfone groups is 1. The highest BCUT2D eigenvalue weighted by Crippen LogP contribution is 2.31. The molecular weight excluding hydrogens is 338 g/mol. The predicted octanol–water partition coefficient (Wildman–Crippen LogP) is 2.75. The summed E-state index contributed by atoms with van der Waals surface area (Å²) in [4.78, 5) is 16.1. The number of rotatable bonds is 8. The molecule has 7 heteroatoms. The minimum atomic E-state index is -3.48. The van der Waals surface area contributed by atoms with Crippen molar-refractivity contribution in [2.75, 3.05) is 6.26 Å². The zero-order valence-electron chi connectivity index (χ0n) is 15.5. The van der Waals surface area contributed by atoms with Crippen molar-refractivity contribution < 1.29 is 13.2 Å². The largest absolute Gasteiger partial charge is 0.370 e. The molecule has 0 aliphatic rings. The molecule has 1 atom stereocenters. The van der Waals surface area contributed by atoms with E-state index in [0.29, 0.717) is 6.42 Å². The van der Waals surface area contributed by atoms with Gasteiger partial charge in [-0.15, -0.1) is 0 Å². The van der Waals surface area contributed by atoms with Gasteiger partial charge < -0.3 is 11.5 Å². The van der Waals surface area contributed by atoms with E-state index < -0.39 is 15.7 Å². The highest BCUT2D eigenvalue weighted by atomic mass is 32.2. The molecule has 0 saturated heterocycles. The normalized spacial score (nSPS) is 12.6. The van der Waals surface area contributed by atoms with Crippen LogP contribution in [0.1, 0.15) is 73.9 Å². The molecule has 1 aromatic rings. The van der Waals surface area contributed by atoms with Crippen LogP contribution >= 0.6 is 0 Å². The van der Waals surface area contributed by atoms with Gasteiger partial charge in [0, 0.05) is 11.8 Å². The van der Waals surface area contributed by atoms with Crippen molar-refractivity contribution in [2.45, 2.75) is 63.7 Å². The number of nitrogens with two attached hydrogens (primary N) is 2. The molecule has 0 aliphatic heterocycles. The van der Waals surface area contributed by atoms with E-state index in [4.69, 9.17) is 11.5 Å². The number of amides is 1. The van der Waals surface area contributed by atoms with Crippen LogP contribution in [0.4, 0.5) is 0 Å². The number of benzene rings is 1. The number of aryl methyl sites for hydroxylation is 1. The van der Waals surface area contributed by atoms with E-state index in [0.717, 1.165) is 43.1 Å². The first-order valence-electron chi connectivity index (χ1n) is 8.62. The quantitative estimate of drug-likeness (QED) is 0.541. The lowest BCUT2D eigenvalue weighted by Gasteiger charge is -2.19. The summed E-state index contributed by atoms with van der Waals surface area (Å²) in [6.45, 7) is 6.12. The zero-order chi connectivity index (χ0) is 19.2. The van der Waals surface area contributed by atoms with E-state index in [9.17, 15) is 13.2 Å². The van der Waals surface area contributed by atoms with Crippen LogP contribution in [0.15, 0.2) is 22.0 Å². The Morgan fingerprint density at radius 3 is 2.32 bits per heavy atom. The van der Waals surface area contributed by atoms with Crippen LogP contribution in [0.3, 0.4) is 0 Å². The average molecular weight is 368 g/mol. The molecule has 0 saturated carbocycles. The molecule has 1 unspecified atom stereocenters. The Hall–Kier alpha value is -1.89. The van der Waals surface area contributed by atoms with Crippen LogP contribution in [0.25, 0.3) is 0 Å². The van der Waals surface area contributed by atoms with Gasteiger partial charge in [-0.1, -0.05) is 46.1 Å². The molecule has 25 heavy (non-hydrogen) atoms. The standard InChI is InChI=1S/C18H29N3O3S/c1-5-7-9-12(3)14-10-13(8-6-2)15(17(22)21-18(19)20)11-16(14)25(4,23)24/h10-12H,5-9H2,1-4H3,(H4,19,20,21,22). The van der Waals surface area contributed by atoms with Crippen LogP contribution in [0.5, 0.6) is 0 Å². The number of hydrogen-bond donors (Lipinski definition) is 2. The molecule has 0 aromatic heterocycles. The van der Waals surface area contributed by atoms with E-state index in [1.54, 1.807) is 0 Å². The number of unbranched alkanes of at least 4 members (excludes halogenated alkanes) is 1. The third kappa shape index (κ3) is 5.85. The summed E-state index contributed by atoms with van der Waals surface area (Å²) < 4.78 is 24.6. The summed E-state index contributed by atoms with van der Waals surface area (Å²) in [5, 5.41) is 0. The highest BCUT2D eigenvalue weighted by Gasteiger charge is 2.23. The summed E-state index contributed by atoms with van der Waals surface area (Å²) >= 11 is 0. The Balaban J connectivity index is 3.60. The van der Waals surface area contributed by atoms with Gasteiger partial charge in [0.25, 0.3) is 5.91 Å². The van der Waals surface area contributed by atoms with Crippen LogP contribution in [0.2, 0.25) is 0 Å². The van der Waals surface area contributed by atoms with E-state index in [2.05, 4.69) is 11.9 Å². The summed E-state index contributed by atoms with van der Waals surface area (Å²) in [6.07, 6.45) is 5.59. The molecule has 0 bridgehead atoms. The van der Waals surface area contributed by atoms with Crippen molar-refractivity contribution in [1.82, 2.24) is 0 Å². The smallest absolute Gasteiger partial charge is 0.280 e. The Morgan fingerprint density at radius 2 is 1.84 bits per heavy atom. The second kappa shape index (κ2) is 8.99. The summed E-state index contributed by atoms with van der Waals surface area (Å²) in [6, 6.07) is 3.28. The maximum Gasteiger partial charge on any atom is 0.280 e. The first-order chi connectivity index (χ1) is 11.6. The molecule has 140 valence electrons. The van der Waals surface area contributed by atoms with Crippen molar-refractivity contribution in [1.29, 1.82) is 0 Å². The fraction of sp³-hybridized carbons (Fsp3) is 0.556. The van der Waals surface area contributed by atoms with Crippen molar-refractivity contribution >= 4 is 21.7 Å². The molecular formula is C18H29N3O3S. The number of guanidine groups is 1. The summed E-state index contributed by atoms with van der Waals surface area (Å²) in [5.74, 6) is -0.859. The van der Waals surface area contributed by atoms with Crippen LogP contribution < -0.4 is 11.5 Å². The number of carbonyl (C=O) groups is 1. The van der Waals surface area contributed by atoms with E-state index in [1.165, 1.54) is 6.07 Å². The third-order valence-corrected chi connectivity index (χ3v) is 5.29. The molecule has 4 N–H and O–H groups in total. The summed E-state index contributed by atoms with van der Waals surface area (Å²) in [7, 11) is -3.48. The lowest BCUT2D eigenvalue weighted by atomic mass is 9.91. The van der Waals surface area contributed by atoms with Crippen LogP contribution in [0, 0.1) is 0 Å². The maximum absolute atomic E-state index is 12.3. The van der Waals surface area contributed by atoms with Crippen LogP contribution in [-0.2, 0) is 16.3 Å². The molecule has 0 heterocycles. The third-order valence-electron chi connectivity index (χ3n) is 4.14. The SMILES string of the molecule is CCCCC(C)c1cc(CCC)c(C(=O)N=C(N)N)cc1S(C)(=O)=O. The molecule has 1 aromatic carbocycles.